The number of anilines is 1. The number of amides is 2. The highest BCUT2D eigenvalue weighted by molar-refractivity contribution is 5.76. The van der Waals surface area contributed by atoms with Crippen LogP contribution in [0.1, 0.15) is 52.9 Å². The first-order chi connectivity index (χ1) is 13.8. The third-order valence-corrected chi connectivity index (χ3v) is 5.78. The van der Waals surface area contributed by atoms with Crippen molar-refractivity contribution in [3.05, 3.63) is 30.3 Å². The van der Waals surface area contributed by atoms with E-state index in [0.29, 0.717) is 12.3 Å². The average Bonchev–Trinajstić information content (AvgIpc) is 2.69. The molecule has 1 heterocycles. The van der Waals surface area contributed by atoms with E-state index >= 15 is 0 Å². The van der Waals surface area contributed by atoms with Gasteiger partial charge in [0.05, 0.1) is 0 Å². The summed E-state index contributed by atoms with van der Waals surface area (Å²) in [5, 5.41) is 2.97. The number of alkyl carbamates (subject to hydrolysis) is 1. The standard InChI is InChI=1S/C23H35N3O3/c1-23(2,3)29-22(28)24-19-11-9-18(10-12-19)17-21(27)26-15-13-25(14-16-26)20-7-5-4-6-8-20/h4-8,18-19H,9-17H2,1-3H3,(H,24,28)/t18-,19-. The smallest absolute Gasteiger partial charge is 0.407 e. The molecule has 160 valence electrons. The van der Waals surface area contributed by atoms with Gasteiger partial charge >= 0.3 is 6.09 Å². The van der Waals surface area contributed by atoms with Crippen LogP contribution in [0.4, 0.5) is 10.5 Å². The summed E-state index contributed by atoms with van der Waals surface area (Å²) in [7, 11) is 0. The first-order valence-corrected chi connectivity index (χ1v) is 10.9. The molecule has 6 nitrogen and oxygen atoms in total. The third-order valence-electron chi connectivity index (χ3n) is 5.78. The minimum absolute atomic E-state index is 0.158. The molecular formula is C23H35N3O3. The van der Waals surface area contributed by atoms with Crippen molar-refractivity contribution in [3.8, 4) is 0 Å². The Morgan fingerprint density at radius 1 is 1.00 bits per heavy atom. The summed E-state index contributed by atoms with van der Waals surface area (Å²) in [5.74, 6) is 0.701. The minimum Gasteiger partial charge on any atom is -0.444 e. The number of hydrogen-bond donors (Lipinski definition) is 1. The summed E-state index contributed by atoms with van der Waals surface area (Å²) in [5.41, 5.74) is 0.758. The molecule has 1 N–H and O–H groups in total. The van der Waals surface area contributed by atoms with E-state index in [-0.39, 0.29) is 18.0 Å². The van der Waals surface area contributed by atoms with Gasteiger partial charge in [-0.2, -0.15) is 0 Å². The third kappa shape index (κ3) is 6.65. The van der Waals surface area contributed by atoms with E-state index in [2.05, 4.69) is 34.5 Å². The highest BCUT2D eigenvalue weighted by Crippen LogP contribution is 2.28. The molecule has 0 radical (unpaired) electrons. The zero-order valence-corrected chi connectivity index (χ0v) is 18.0. The molecular weight excluding hydrogens is 366 g/mol. The monoisotopic (exact) mass is 401 g/mol. The van der Waals surface area contributed by atoms with Gasteiger partial charge in [0.1, 0.15) is 5.60 Å². The number of piperazine rings is 1. The Bertz CT molecular complexity index is 670. The largest absolute Gasteiger partial charge is 0.444 e. The van der Waals surface area contributed by atoms with Crippen LogP contribution in [0.3, 0.4) is 0 Å². The van der Waals surface area contributed by atoms with E-state index in [1.54, 1.807) is 0 Å². The number of para-hydroxylation sites is 1. The van der Waals surface area contributed by atoms with Gasteiger partial charge in [-0.15, -0.1) is 0 Å². The maximum atomic E-state index is 12.7. The predicted molar refractivity (Wildman–Crippen MR) is 115 cm³/mol. The number of nitrogens with one attached hydrogen (secondary N) is 1. The molecule has 0 atom stereocenters. The van der Waals surface area contributed by atoms with Gasteiger partial charge in [-0.05, 0) is 64.5 Å². The average molecular weight is 402 g/mol. The summed E-state index contributed by atoms with van der Waals surface area (Å²) in [4.78, 5) is 29.0. The fraction of sp³-hybridized carbons (Fsp3) is 0.652. The zero-order chi connectivity index (χ0) is 20.9. The lowest BCUT2D eigenvalue weighted by molar-refractivity contribution is -0.132. The van der Waals surface area contributed by atoms with Gasteiger partial charge in [0.25, 0.3) is 0 Å². The van der Waals surface area contributed by atoms with Crippen molar-refractivity contribution in [2.45, 2.75) is 64.5 Å². The van der Waals surface area contributed by atoms with Crippen LogP contribution >= 0.6 is 0 Å². The summed E-state index contributed by atoms with van der Waals surface area (Å²) in [6, 6.07) is 10.6. The van der Waals surface area contributed by atoms with E-state index in [9.17, 15) is 9.59 Å². The van der Waals surface area contributed by atoms with Crippen LogP contribution in [0.2, 0.25) is 0 Å². The molecule has 1 saturated heterocycles. The van der Waals surface area contributed by atoms with Crippen molar-refractivity contribution in [1.29, 1.82) is 0 Å². The molecule has 6 heteroatoms. The molecule has 29 heavy (non-hydrogen) atoms. The first kappa shape index (κ1) is 21.5. The topological polar surface area (TPSA) is 61.9 Å². The van der Waals surface area contributed by atoms with Gasteiger partial charge in [0.2, 0.25) is 5.91 Å². The molecule has 3 rings (SSSR count). The number of nitrogens with zero attached hydrogens (tertiary/aromatic N) is 2. The Labute approximate surface area is 174 Å². The molecule has 1 saturated carbocycles. The van der Waals surface area contributed by atoms with Crippen molar-refractivity contribution in [1.82, 2.24) is 10.2 Å². The molecule has 1 aromatic rings. The van der Waals surface area contributed by atoms with Crippen LogP contribution in [0.15, 0.2) is 30.3 Å². The first-order valence-electron chi connectivity index (χ1n) is 10.9. The number of rotatable bonds is 4. The Kier molecular flexibility index (Phi) is 7.04. The molecule has 0 spiro atoms. The molecule has 0 bridgehead atoms. The van der Waals surface area contributed by atoms with Gasteiger partial charge in [-0.25, -0.2) is 4.79 Å². The van der Waals surface area contributed by atoms with E-state index in [0.717, 1.165) is 51.9 Å². The summed E-state index contributed by atoms with van der Waals surface area (Å²) < 4.78 is 5.34. The lowest BCUT2D eigenvalue weighted by Crippen LogP contribution is -2.49. The molecule has 2 aliphatic rings. The Hall–Kier alpha value is -2.24. The van der Waals surface area contributed by atoms with Crippen molar-refractivity contribution in [2.75, 3.05) is 31.1 Å². The second-order valence-corrected chi connectivity index (χ2v) is 9.27. The minimum atomic E-state index is -0.474. The summed E-state index contributed by atoms with van der Waals surface area (Å²) in [6.07, 6.45) is 4.09. The number of carbonyl (C=O) groups excluding carboxylic acids is 2. The molecule has 2 fully saturated rings. The predicted octanol–water partition coefficient (Wildman–Crippen LogP) is 3.81. The number of hydrogen-bond acceptors (Lipinski definition) is 4. The molecule has 1 aliphatic heterocycles. The van der Waals surface area contributed by atoms with E-state index < -0.39 is 5.60 Å². The molecule has 0 unspecified atom stereocenters. The molecule has 0 aromatic heterocycles. The normalized spacial score (nSPS) is 22.9. The Balaban J connectivity index is 1.36. The van der Waals surface area contributed by atoms with Crippen LogP contribution in [0.5, 0.6) is 0 Å². The SMILES string of the molecule is CC(C)(C)OC(=O)N[C@H]1CC[C@H](CC(=O)N2CCN(c3ccccc3)CC2)CC1. The number of carbonyl (C=O) groups is 2. The summed E-state index contributed by atoms with van der Waals surface area (Å²) in [6.45, 7) is 8.98. The second kappa shape index (κ2) is 9.51. The number of benzene rings is 1. The van der Waals surface area contributed by atoms with E-state index in [4.69, 9.17) is 4.74 Å². The quantitative estimate of drug-likeness (QED) is 0.833. The van der Waals surface area contributed by atoms with E-state index in [1.807, 2.05) is 31.7 Å². The lowest BCUT2D eigenvalue weighted by Gasteiger charge is -2.37. The Morgan fingerprint density at radius 3 is 2.21 bits per heavy atom. The second-order valence-electron chi connectivity index (χ2n) is 9.27. The van der Waals surface area contributed by atoms with Gasteiger partial charge < -0.3 is 19.9 Å². The molecule has 1 aromatic carbocycles. The van der Waals surface area contributed by atoms with E-state index in [1.165, 1.54) is 5.69 Å². The summed E-state index contributed by atoms with van der Waals surface area (Å²) >= 11 is 0. The van der Waals surface area contributed by atoms with Gasteiger partial charge in [-0.3, -0.25) is 4.79 Å². The van der Waals surface area contributed by atoms with Crippen molar-refractivity contribution >= 4 is 17.7 Å². The fourth-order valence-electron chi connectivity index (χ4n) is 4.21. The van der Waals surface area contributed by atoms with Crippen LogP contribution in [0, 0.1) is 5.92 Å². The van der Waals surface area contributed by atoms with Gasteiger partial charge in [0, 0.05) is 44.3 Å². The highest BCUT2D eigenvalue weighted by Gasteiger charge is 2.28. The fourth-order valence-corrected chi connectivity index (χ4v) is 4.21. The zero-order valence-electron chi connectivity index (χ0n) is 18.0. The van der Waals surface area contributed by atoms with Gasteiger partial charge in [-0.1, -0.05) is 18.2 Å². The lowest BCUT2D eigenvalue weighted by atomic mass is 9.84. The van der Waals surface area contributed by atoms with Crippen LogP contribution < -0.4 is 10.2 Å². The highest BCUT2D eigenvalue weighted by atomic mass is 16.6. The van der Waals surface area contributed by atoms with Crippen LogP contribution in [0.25, 0.3) is 0 Å². The molecule has 2 amide bonds. The van der Waals surface area contributed by atoms with Crippen LogP contribution in [-0.4, -0.2) is 54.7 Å². The van der Waals surface area contributed by atoms with Crippen molar-refractivity contribution < 1.29 is 14.3 Å². The Morgan fingerprint density at radius 2 is 1.62 bits per heavy atom. The van der Waals surface area contributed by atoms with Crippen molar-refractivity contribution in [3.63, 3.8) is 0 Å². The molecule has 1 aliphatic carbocycles. The van der Waals surface area contributed by atoms with Crippen LogP contribution in [-0.2, 0) is 9.53 Å². The van der Waals surface area contributed by atoms with Crippen molar-refractivity contribution in [2.24, 2.45) is 5.92 Å². The maximum Gasteiger partial charge on any atom is 0.407 e. The van der Waals surface area contributed by atoms with Gasteiger partial charge in [0.15, 0.2) is 0 Å². The number of ether oxygens (including phenoxy) is 1. The maximum absolute atomic E-state index is 12.7.